The van der Waals surface area contributed by atoms with Crippen molar-refractivity contribution >= 4 is 44.3 Å². The Morgan fingerprint density at radius 1 is 1.03 bits per heavy atom. The summed E-state index contributed by atoms with van der Waals surface area (Å²) in [4.78, 5) is 12.2. The van der Waals surface area contributed by atoms with E-state index in [0.29, 0.717) is 16.6 Å². The van der Waals surface area contributed by atoms with Crippen LogP contribution in [0.25, 0.3) is 11.0 Å². The van der Waals surface area contributed by atoms with E-state index in [2.05, 4.69) is 27.0 Å². The van der Waals surface area contributed by atoms with Gasteiger partial charge in [-0.3, -0.25) is 9.82 Å². The third kappa shape index (κ3) is 6.72. The Kier molecular flexibility index (Phi) is 8.18. The number of benzene rings is 2. The zero-order valence-corrected chi connectivity index (χ0v) is 19.8. The van der Waals surface area contributed by atoms with Gasteiger partial charge in [0.1, 0.15) is 16.5 Å². The van der Waals surface area contributed by atoms with Gasteiger partial charge in [-0.05, 0) is 36.4 Å². The van der Waals surface area contributed by atoms with Crippen LogP contribution in [0.3, 0.4) is 0 Å². The fraction of sp³-hybridized carbons (Fsp3) is 0.0455. The molecule has 4 rings (SSSR count). The molecule has 0 unspecified atom stereocenters. The summed E-state index contributed by atoms with van der Waals surface area (Å²) in [5.41, 5.74) is -0.389. The smallest absolute Gasteiger partial charge is 0.475 e. The van der Waals surface area contributed by atoms with Crippen LogP contribution in [0.5, 0.6) is 0 Å². The van der Waals surface area contributed by atoms with E-state index in [1.54, 1.807) is 6.07 Å². The number of aromatic amines is 1. The van der Waals surface area contributed by atoms with Crippen molar-refractivity contribution in [1.82, 2.24) is 15.2 Å². The Morgan fingerprint density at radius 2 is 1.68 bits per heavy atom. The molecule has 38 heavy (non-hydrogen) atoms. The first-order valence-electron chi connectivity index (χ1n) is 9.76. The minimum absolute atomic E-state index is 0.0314. The Bertz CT molecular complexity index is 1700. The highest BCUT2D eigenvalue weighted by Gasteiger charge is 2.38. The summed E-state index contributed by atoms with van der Waals surface area (Å²) < 4.78 is 102. The number of rotatable bonds is 3. The van der Waals surface area contributed by atoms with Gasteiger partial charge in [0.2, 0.25) is 0 Å². The van der Waals surface area contributed by atoms with Gasteiger partial charge in [-0.2, -0.15) is 18.3 Å². The molecule has 198 valence electrons. The molecule has 16 heteroatoms. The first-order chi connectivity index (χ1) is 17.7. The molecule has 0 saturated heterocycles. The van der Waals surface area contributed by atoms with E-state index < -0.39 is 55.8 Å². The van der Waals surface area contributed by atoms with Crippen molar-refractivity contribution in [2.75, 3.05) is 4.72 Å². The second-order valence-electron chi connectivity index (χ2n) is 7.05. The molecule has 0 atom stereocenters. The van der Waals surface area contributed by atoms with Crippen LogP contribution in [-0.4, -0.2) is 40.9 Å². The summed E-state index contributed by atoms with van der Waals surface area (Å²) >= 11 is 5.72. The number of sulfonamides is 1. The van der Waals surface area contributed by atoms with E-state index in [9.17, 15) is 34.8 Å². The predicted octanol–water partition coefficient (Wildman–Crippen LogP) is 4.86. The van der Waals surface area contributed by atoms with Crippen LogP contribution in [0.4, 0.5) is 32.0 Å². The van der Waals surface area contributed by atoms with Crippen LogP contribution in [0.1, 0.15) is 11.1 Å². The van der Waals surface area contributed by atoms with E-state index >= 15 is 0 Å². The molecule has 2 heterocycles. The number of carbonyl (C=O) groups is 1. The number of aromatic nitrogens is 3. The molecule has 0 saturated carbocycles. The average molecular weight is 577 g/mol. The number of halogens is 7. The number of hydrogen-bond donors (Lipinski definition) is 3. The maximum absolute atomic E-state index is 14.8. The van der Waals surface area contributed by atoms with Crippen molar-refractivity contribution in [3.8, 4) is 11.8 Å². The number of pyridine rings is 1. The van der Waals surface area contributed by atoms with Crippen molar-refractivity contribution in [1.29, 1.82) is 0 Å². The van der Waals surface area contributed by atoms with Gasteiger partial charge in [0, 0.05) is 22.2 Å². The van der Waals surface area contributed by atoms with E-state index in [1.165, 1.54) is 12.4 Å². The zero-order valence-electron chi connectivity index (χ0n) is 18.2. The Morgan fingerprint density at radius 3 is 2.34 bits per heavy atom. The molecule has 2 aromatic carbocycles. The van der Waals surface area contributed by atoms with Crippen LogP contribution in [0.2, 0.25) is 5.02 Å². The lowest BCUT2D eigenvalue weighted by atomic mass is 10.1. The molecule has 0 radical (unpaired) electrons. The quantitative estimate of drug-likeness (QED) is 0.236. The van der Waals surface area contributed by atoms with Crippen LogP contribution in [0.15, 0.2) is 53.7 Å². The summed E-state index contributed by atoms with van der Waals surface area (Å²) in [5.74, 6) is -1.18. The van der Waals surface area contributed by atoms with Crippen molar-refractivity contribution in [2.24, 2.45) is 0 Å². The number of H-pyrrole nitrogens is 1. The molecule has 0 bridgehead atoms. The molecular formula is C22H11ClF6N4O4S. The Labute approximate surface area is 214 Å². The SMILES string of the molecule is O=C(O)C(F)(F)F.O=S(=O)(Nc1ccc(F)c(C#Cc2cnc3[nH]ncc3c2)c1F)c1cc(Cl)ccc1F. The van der Waals surface area contributed by atoms with E-state index in [1.807, 2.05) is 4.72 Å². The summed E-state index contributed by atoms with van der Waals surface area (Å²) in [6.07, 6.45) is -2.18. The summed E-state index contributed by atoms with van der Waals surface area (Å²) in [6, 6.07) is 6.23. The number of nitrogens with zero attached hydrogens (tertiary/aromatic N) is 2. The zero-order chi connectivity index (χ0) is 28.3. The van der Waals surface area contributed by atoms with Gasteiger partial charge in [0.25, 0.3) is 10.0 Å². The van der Waals surface area contributed by atoms with Crippen LogP contribution >= 0.6 is 11.6 Å². The van der Waals surface area contributed by atoms with E-state index in [0.717, 1.165) is 30.3 Å². The van der Waals surface area contributed by atoms with Gasteiger partial charge in [-0.15, -0.1) is 0 Å². The standard InChI is InChI=1S/C20H10ClF3N4O2S.C2HF3O2/c21-13-2-4-16(23)18(8-13)31(29,30)28-17-6-5-15(22)14(19(17)24)3-1-11-7-12-10-26-27-20(12)25-9-11;3-2(4,5)1(6)7/h2,4-10,28H,(H,25,26,27);(H,6,7). The van der Waals surface area contributed by atoms with Crippen molar-refractivity contribution < 1.29 is 44.7 Å². The fourth-order valence-electron chi connectivity index (χ4n) is 2.67. The Hall–Kier alpha value is -4.29. The number of alkyl halides is 3. The topological polar surface area (TPSA) is 125 Å². The third-order valence-electron chi connectivity index (χ3n) is 4.38. The van der Waals surface area contributed by atoms with Gasteiger partial charge < -0.3 is 5.11 Å². The maximum Gasteiger partial charge on any atom is 0.490 e. The number of carboxylic acid groups (broad SMARTS) is 1. The molecule has 0 aliphatic rings. The highest BCUT2D eigenvalue weighted by atomic mass is 35.5. The maximum atomic E-state index is 14.8. The molecule has 0 amide bonds. The summed E-state index contributed by atoms with van der Waals surface area (Å²) in [5, 5.41) is 14.2. The molecular weight excluding hydrogens is 566 g/mol. The minimum Gasteiger partial charge on any atom is -0.475 e. The monoisotopic (exact) mass is 576 g/mol. The summed E-state index contributed by atoms with van der Waals surface area (Å²) in [6.45, 7) is 0. The van der Waals surface area contributed by atoms with Crippen LogP contribution < -0.4 is 4.72 Å². The van der Waals surface area contributed by atoms with Gasteiger partial charge in [0.15, 0.2) is 11.5 Å². The number of fused-ring (bicyclic) bond motifs is 1. The second-order valence-corrected chi connectivity index (χ2v) is 9.14. The molecule has 3 N–H and O–H groups in total. The largest absolute Gasteiger partial charge is 0.490 e. The number of nitrogens with one attached hydrogen (secondary N) is 2. The molecule has 0 aliphatic carbocycles. The normalized spacial score (nSPS) is 11.2. The number of aliphatic carboxylic acids is 1. The lowest BCUT2D eigenvalue weighted by molar-refractivity contribution is -0.192. The van der Waals surface area contributed by atoms with Gasteiger partial charge in [0.05, 0.1) is 17.4 Å². The highest BCUT2D eigenvalue weighted by Crippen LogP contribution is 2.26. The first-order valence-corrected chi connectivity index (χ1v) is 11.6. The molecule has 0 spiro atoms. The first kappa shape index (κ1) is 28.3. The van der Waals surface area contributed by atoms with Gasteiger partial charge >= 0.3 is 12.1 Å². The Balaban J connectivity index is 0.000000505. The van der Waals surface area contributed by atoms with Crippen molar-refractivity contribution in [3.05, 3.63) is 82.4 Å². The average Bonchev–Trinajstić information content (AvgIpc) is 3.30. The number of anilines is 1. The number of hydrogen-bond acceptors (Lipinski definition) is 5. The lowest BCUT2D eigenvalue weighted by Crippen LogP contribution is -2.21. The second kappa shape index (κ2) is 11.0. The molecule has 4 aromatic rings. The molecule has 8 nitrogen and oxygen atoms in total. The van der Waals surface area contributed by atoms with E-state index in [4.69, 9.17) is 21.5 Å². The van der Waals surface area contributed by atoms with Crippen LogP contribution in [0, 0.1) is 29.3 Å². The number of carboxylic acids is 1. The van der Waals surface area contributed by atoms with Gasteiger partial charge in [-0.1, -0.05) is 23.4 Å². The van der Waals surface area contributed by atoms with Gasteiger partial charge in [-0.25, -0.2) is 31.4 Å². The van der Waals surface area contributed by atoms with E-state index in [-0.39, 0.29) is 5.02 Å². The lowest BCUT2D eigenvalue weighted by Gasteiger charge is -2.11. The fourth-order valence-corrected chi connectivity index (χ4v) is 4.07. The van der Waals surface area contributed by atoms with Crippen molar-refractivity contribution in [2.45, 2.75) is 11.1 Å². The molecule has 0 fully saturated rings. The minimum atomic E-state index is -5.08. The molecule has 2 aromatic heterocycles. The third-order valence-corrected chi connectivity index (χ3v) is 6.00. The van der Waals surface area contributed by atoms with Crippen LogP contribution in [-0.2, 0) is 14.8 Å². The molecule has 0 aliphatic heterocycles. The predicted molar refractivity (Wildman–Crippen MR) is 122 cm³/mol. The van der Waals surface area contributed by atoms with Crippen molar-refractivity contribution in [3.63, 3.8) is 0 Å². The summed E-state index contributed by atoms with van der Waals surface area (Å²) in [7, 11) is -4.54. The highest BCUT2D eigenvalue weighted by molar-refractivity contribution is 7.92.